The zero-order valence-electron chi connectivity index (χ0n) is 7.95. The van der Waals surface area contributed by atoms with E-state index in [1.54, 1.807) is 6.33 Å². The highest BCUT2D eigenvalue weighted by Crippen LogP contribution is 2.16. The van der Waals surface area contributed by atoms with Crippen molar-refractivity contribution in [3.63, 3.8) is 0 Å². The molecule has 1 aliphatic heterocycles. The minimum Gasteiger partial charge on any atom is -0.347 e. The van der Waals surface area contributed by atoms with Crippen molar-refractivity contribution >= 4 is 0 Å². The Morgan fingerprint density at radius 2 is 2.23 bits per heavy atom. The maximum Gasteiger partial charge on any atom is 0.0922 e. The topological polar surface area (TPSA) is 44.0 Å². The Hall–Kier alpha value is -0.870. The van der Waals surface area contributed by atoms with E-state index in [2.05, 4.69) is 27.1 Å². The summed E-state index contributed by atoms with van der Waals surface area (Å²) in [4.78, 5) is 9.66. The second-order valence-corrected chi connectivity index (χ2v) is 3.47. The molecule has 1 aromatic heterocycles. The Bertz CT molecular complexity index is 238. The smallest absolute Gasteiger partial charge is 0.0922 e. The van der Waals surface area contributed by atoms with E-state index in [1.807, 2.05) is 6.20 Å². The summed E-state index contributed by atoms with van der Waals surface area (Å²) < 4.78 is 0. The molecule has 4 nitrogen and oxygen atoms in total. The van der Waals surface area contributed by atoms with E-state index < -0.39 is 0 Å². The zero-order chi connectivity index (χ0) is 9.10. The molecule has 1 aliphatic rings. The van der Waals surface area contributed by atoms with Gasteiger partial charge < -0.3 is 10.3 Å². The molecule has 2 N–H and O–H groups in total. The number of H-pyrrole nitrogens is 1. The Balaban J connectivity index is 1.99. The highest BCUT2D eigenvalue weighted by atomic mass is 15.2. The molecule has 0 radical (unpaired) electrons. The highest BCUT2D eigenvalue weighted by molar-refractivity contribution is 5.01. The molecular formula is C9H16N4. The van der Waals surface area contributed by atoms with E-state index in [9.17, 15) is 0 Å². The third-order valence-corrected chi connectivity index (χ3v) is 2.67. The average molecular weight is 180 g/mol. The average Bonchev–Trinajstić information content (AvgIpc) is 2.71. The molecule has 1 unspecified atom stereocenters. The first-order valence-electron chi connectivity index (χ1n) is 4.81. The first-order chi connectivity index (χ1) is 6.38. The third kappa shape index (κ3) is 1.89. The largest absolute Gasteiger partial charge is 0.347 e. The van der Waals surface area contributed by atoms with Crippen LogP contribution in [0.1, 0.15) is 18.7 Å². The fourth-order valence-corrected chi connectivity index (χ4v) is 1.76. The van der Waals surface area contributed by atoms with Gasteiger partial charge in [-0.3, -0.25) is 4.90 Å². The lowest BCUT2D eigenvalue weighted by Gasteiger charge is -2.32. The second kappa shape index (κ2) is 3.89. The normalized spacial score (nSPS) is 21.6. The van der Waals surface area contributed by atoms with Gasteiger partial charge in [0.05, 0.1) is 12.0 Å². The van der Waals surface area contributed by atoms with Gasteiger partial charge in [0.25, 0.3) is 0 Å². The molecule has 1 fully saturated rings. The van der Waals surface area contributed by atoms with E-state index in [0.717, 1.165) is 26.2 Å². The van der Waals surface area contributed by atoms with Crippen molar-refractivity contribution in [2.45, 2.75) is 13.0 Å². The predicted octanol–water partition coefficient (Wildman–Crippen LogP) is 0.376. The quantitative estimate of drug-likeness (QED) is 0.691. The Morgan fingerprint density at radius 3 is 2.85 bits per heavy atom. The van der Waals surface area contributed by atoms with Crippen LogP contribution in [0.3, 0.4) is 0 Å². The van der Waals surface area contributed by atoms with E-state index in [0.29, 0.717) is 6.04 Å². The van der Waals surface area contributed by atoms with Gasteiger partial charge in [-0.05, 0) is 6.92 Å². The van der Waals surface area contributed by atoms with E-state index in [4.69, 9.17) is 0 Å². The highest BCUT2D eigenvalue weighted by Gasteiger charge is 2.18. The van der Waals surface area contributed by atoms with E-state index in [-0.39, 0.29) is 0 Å². The molecule has 0 spiro atoms. The maximum atomic E-state index is 4.04. The molecule has 2 rings (SSSR count). The zero-order valence-corrected chi connectivity index (χ0v) is 7.95. The van der Waals surface area contributed by atoms with Gasteiger partial charge >= 0.3 is 0 Å². The van der Waals surface area contributed by atoms with Crippen LogP contribution < -0.4 is 5.32 Å². The molecule has 1 aromatic rings. The van der Waals surface area contributed by atoms with Gasteiger partial charge in [0, 0.05) is 38.4 Å². The number of nitrogens with one attached hydrogen (secondary N) is 2. The first-order valence-corrected chi connectivity index (χ1v) is 4.81. The van der Waals surface area contributed by atoms with Gasteiger partial charge in [-0.15, -0.1) is 0 Å². The Kier molecular flexibility index (Phi) is 2.61. The maximum absolute atomic E-state index is 4.04. The second-order valence-electron chi connectivity index (χ2n) is 3.47. The van der Waals surface area contributed by atoms with Crippen LogP contribution >= 0.6 is 0 Å². The number of aromatic amines is 1. The summed E-state index contributed by atoms with van der Waals surface area (Å²) in [5.41, 5.74) is 1.21. The third-order valence-electron chi connectivity index (χ3n) is 2.67. The van der Waals surface area contributed by atoms with E-state index >= 15 is 0 Å². The summed E-state index contributed by atoms with van der Waals surface area (Å²) >= 11 is 0. The van der Waals surface area contributed by atoms with Gasteiger partial charge in [0.1, 0.15) is 0 Å². The summed E-state index contributed by atoms with van der Waals surface area (Å²) in [5, 5.41) is 3.35. The van der Waals surface area contributed by atoms with Crippen LogP contribution in [0.2, 0.25) is 0 Å². The van der Waals surface area contributed by atoms with Crippen LogP contribution in [0.15, 0.2) is 12.5 Å². The fourth-order valence-electron chi connectivity index (χ4n) is 1.76. The minimum absolute atomic E-state index is 0.463. The standard InChI is InChI=1S/C9H16N4/c1-8(9-6-11-7-12-9)13-4-2-10-3-5-13/h6-8,10H,2-5H2,1H3,(H,11,12). The van der Waals surface area contributed by atoms with Crippen LogP contribution in [-0.4, -0.2) is 41.0 Å². The Labute approximate surface area is 78.4 Å². The van der Waals surface area contributed by atoms with Gasteiger partial charge in [-0.1, -0.05) is 0 Å². The van der Waals surface area contributed by atoms with Crippen LogP contribution in [0.4, 0.5) is 0 Å². The van der Waals surface area contributed by atoms with Crippen molar-refractivity contribution in [3.05, 3.63) is 18.2 Å². The molecule has 1 atom stereocenters. The summed E-state index contributed by atoms with van der Waals surface area (Å²) in [6.45, 7) is 6.66. The van der Waals surface area contributed by atoms with Crippen molar-refractivity contribution in [1.82, 2.24) is 20.2 Å². The molecule has 1 saturated heterocycles. The number of imidazole rings is 1. The lowest BCUT2D eigenvalue weighted by atomic mass is 10.2. The number of nitrogens with zero attached hydrogens (tertiary/aromatic N) is 2. The van der Waals surface area contributed by atoms with Crippen LogP contribution in [0.25, 0.3) is 0 Å². The lowest BCUT2D eigenvalue weighted by Crippen LogP contribution is -2.44. The molecule has 13 heavy (non-hydrogen) atoms. The first kappa shape index (κ1) is 8.72. The molecule has 0 aromatic carbocycles. The number of hydrogen-bond acceptors (Lipinski definition) is 3. The van der Waals surface area contributed by atoms with Crippen molar-refractivity contribution < 1.29 is 0 Å². The monoisotopic (exact) mass is 180 g/mol. The van der Waals surface area contributed by atoms with Crippen LogP contribution in [0, 0.1) is 0 Å². The lowest BCUT2D eigenvalue weighted by molar-refractivity contribution is 0.183. The molecule has 0 bridgehead atoms. The molecule has 72 valence electrons. The van der Waals surface area contributed by atoms with Crippen LogP contribution in [0.5, 0.6) is 0 Å². The van der Waals surface area contributed by atoms with Crippen LogP contribution in [-0.2, 0) is 0 Å². The molecule has 4 heteroatoms. The number of hydrogen-bond donors (Lipinski definition) is 2. The van der Waals surface area contributed by atoms with E-state index in [1.165, 1.54) is 5.69 Å². The van der Waals surface area contributed by atoms with Gasteiger partial charge in [-0.25, -0.2) is 4.98 Å². The molecule has 0 amide bonds. The molecule has 0 saturated carbocycles. The summed E-state index contributed by atoms with van der Waals surface area (Å²) in [7, 11) is 0. The number of aromatic nitrogens is 2. The van der Waals surface area contributed by atoms with Gasteiger partial charge in [0.2, 0.25) is 0 Å². The molecular weight excluding hydrogens is 164 g/mol. The number of piperazine rings is 1. The summed E-state index contributed by atoms with van der Waals surface area (Å²) in [6.07, 6.45) is 3.65. The fraction of sp³-hybridized carbons (Fsp3) is 0.667. The Morgan fingerprint density at radius 1 is 1.46 bits per heavy atom. The van der Waals surface area contributed by atoms with Crippen molar-refractivity contribution in [2.24, 2.45) is 0 Å². The summed E-state index contributed by atoms with van der Waals surface area (Å²) in [5.74, 6) is 0. The van der Waals surface area contributed by atoms with Gasteiger partial charge in [-0.2, -0.15) is 0 Å². The SMILES string of the molecule is CC(c1cnc[nH]1)N1CCNCC1. The molecule has 0 aliphatic carbocycles. The van der Waals surface area contributed by atoms with Crippen molar-refractivity contribution in [1.29, 1.82) is 0 Å². The molecule has 2 heterocycles. The van der Waals surface area contributed by atoms with Crippen molar-refractivity contribution in [3.8, 4) is 0 Å². The summed E-state index contributed by atoms with van der Waals surface area (Å²) in [6, 6.07) is 0.463. The number of rotatable bonds is 2. The predicted molar refractivity (Wildman–Crippen MR) is 51.4 cm³/mol. The minimum atomic E-state index is 0.463. The van der Waals surface area contributed by atoms with Gasteiger partial charge in [0.15, 0.2) is 0 Å². The van der Waals surface area contributed by atoms with Crippen molar-refractivity contribution in [2.75, 3.05) is 26.2 Å².